The van der Waals surface area contributed by atoms with Gasteiger partial charge >= 0.3 is 0 Å². The van der Waals surface area contributed by atoms with Crippen LogP contribution in [0.15, 0.2) is 66.9 Å². The number of piperazine rings is 1. The lowest BCUT2D eigenvalue weighted by atomic mass is 10.0. The van der Waals surface area contributed by atoms with Crippen LogP contribution in [0.1, 0.15) is 11.3 Å². The predicted octanol–water partition coefficient (Wildman–Crippen LogP) is 3.02. The second kappa shape index (κ2) is 8.18. The van der Waals surface area contributed by atoms with Gasteiger partial charge in [0.2, 0.25) is 5.91 Å². The molecule has 31 heavy (non-hydrogen) atoms. The van der Waals surface area contributed by atoms with E-state index in [4.69, 9.17) is 0 Å². The number of rotatable bonds is 4. The Kier molecular flexibility index (Phi) is 5.08. The summed E-state index contributed by atoms with van der Waals surface area (Å²) in [4.78, 5) is 17.1. The van der Waals surface area contributed by atoms with Crippen molar-refractivity contribution in [2.75, 3.05) is 31.1 Å². The summed E-state index contributed by atoms with van der Waals surface area (Å²) in [5, 5.41) is 15.4. The maximum atomic E-state index is 12.9. The molecule has 5 rings (SSSR count). The Labute approximate surface area is 180 Å². The van der Waals surface area contributed by atoms with E-state index in [9.17, 15) is 4.79 Å². The molecule has 1 fully saturated rings. The normalized spacial score (nSPS) is 14.2. The molecule has 1 aliphatic heterocycles. The van der Waals surface area contributed by atoms with Gasteiger partial charge < -0.3 is 9.80 Å². The molecule has 7 heteroatoms. The van der Waals surface area contributed by atoms with Gasteiger partial charge in [0.05, 0.1) is 12.1 Å². The van der Waals surface area contributed by atoms with Crippen LogP contribution in [-0.2, 0) is 11.2 Å². The van der Waals surface area contributed by atoms with Crippen molar-refractivity contribution in [2.45, 2.75) is 13.3 Å². The maximum absolute atomic E-state index is 12.9. The van der Waals surface area contributed by atoms with Crippen molar-refractivity contribution in [1.29, 1.82) is 0 Å². The molecule has 0 saturated carbocycles. The summed E-state index contributed by atoms with van der Waals surface area (Å²) in [6.07, 6.45) is 2.30. The third kappa shape index (κ3) is 3.99. The minimum absolute atomic E-state index is 0.173. The zero-order chi connectivity index (χ0) is 21.2. The number of fused-ring (bicyclic) bond motifs is 1. The average Bonchev–Trinajstić information content (AvgIpc) is 3.26. The summed E-state index contributed by atoms with van der Waals surface area (Å²) in [7, 11) is 0. The lowest BCUT2D eigenvalue weighted by Crippen LogP contribution is -2.49. The largest absolute Gasteiger partial charge is 0.352 e. The Morgan fingerprint density at radius 3 is 2.35 bits per heavy atom. The van der Waals surface area contributed by atoms with Crippen molar-refractivity contribution in [1.82, 2.24) is 24.9 Å². The van der Waals surface area contributed by atoms with Crippen molar-refractivity contribution in [3.8, 4) is 5.82 Å². The lowest BCUT2D eigenvalue weighted by Gasteiger charge is -2.35. The Morgan fingerprint density at radius 1 is 0.871 bits per heavy atom. The van der Waals surface area contributed by atoms with E-state index in [0.717, 1.165) is 35.6 Å². The van der Waals surface area contributed by atoms with E-state index < -0.39 is 0 Å². The molecule has 1 amide bonds. The second-order valence-electron chi connectivity index (χ2n) is 7.83. The molecule has 1 aliphatic rings. The molecular formula is C24H24N6O. The van der Waals surface area contributed by atoms with E-state index in [0.29, 0.717) is 25.3 Å². The first-order valence-corrected chi connectivity index (χ1v) is 10.5. The number of aromatic nitrogens is 4. The van der Waals surface area contributed by atoms with E-state index in [1.807, 2.05) is 54.4 Å². The van der Waals surface area contributed by atoms with Gasteiger partial charge in [-0.3, -0.25) is 4.79 Å². The standard InChI is InChI=1S/C24H24N6O/c1-18-11-12-30(27-18)23-10-9-22(25-26-23)28-13-15-29(16-14-28)24(31)17-20-7-4-6-19-5-2-3-8-21(19)20/h2-12H,13-17H2,1H3. The zero-order valence-electron chi connectivity index (χ0n) is 17.5. The molecule has 4 aromatic rings. The van der Waals surface area contributed by atoms with Crippen LogP contribution in [0.25, 0.3) is 16.6 Å². The van der Waals surface area contributed by atoms with Gasteiger partial charge in [-0.2, -0.15) is 5.10 Å². The van der Waals surface area contributed by atoms with E-state index in [2.05, 4.69) is 44.5 Å². The first kappa shape index (κ1) is 19.2. The molecule has 1 saturated heterocycles. The van der Waals surface area contributed by atoms with Gasteiger partial charge in [-0.05, 0) is 41.5 Å². The van der Waals surface area contributed by atoms with Crippen molar-refractivity contribution >= 4 is 22.5 Å². The molecule has 0 N–H and O–H groups in total. The summed E-state index contributed by atoms with van der Waals surface area (Å²) in [5.41, 5.74) is 2.02. The summed E-state index contributed by atoms with van der Waals surface area (Å²) in [6.45, 7) is 4.81. The second-order valence-corrected chi connectivity index (χ2v) is 7.83. The Morgan fingerprint density at radius 2 is 1.61 bits per heavy atom. The quantitative estimate of drug-likeness (QED) is 0.516. The molecule has 2 aromatic carbocycles. The van der Waals surface area contributed by atoms with Crippen molar-refractivity contribution in [2.24, 2.45) is 0 Å². The number of hydrogen-bond donors (Lipinski definition) is 0. The SMILES string of the molecule is Cc1ccn(-c2ccc(N3CCN(C(=O)Cc4cccc5ccccc45)CC3)nn2)n1. The van der Waals surface area contributed by atoms with Gasteiger partial charge in [0, 0.05) is 32.4 Å². The van der Waals surface area contributed by atoms with Crippen LogP contribution in [0.5, 0.6) is 0 Å². The smallest absolute Gasteiger partial charge is 0.227 e. The van der Waals surface area contributed by atoms with Crippen LogP contribution in [0.2, 0.25) is 0 Å². The molecular weight excluding hydrogens is 388 g/mol. The average molecular weight is 412 g/mol. The first-order valence-electron chi connectivity index (χ1n) is 10.5. The molecule has 0 spiro atoms. The number of carbonyl (C=O) groups is 1. The first-order chi connectivity index (χ1) is 15.2. The van der Waals surface area contributed by atoms with Gasteiger partial charge in [-0.15, -0.1) is 10.2 Å². The number of hydrogen-bond acceptors (Lipinski definition) is 5. The summed E-state index contributed by atoms with van der Waals surface area (Å²) < 4.78 is 1.72. The van der Waals surface area contributed by atoms with E-state index >= 15 is 0 Å². The number of aryl methyl sites for hydroxylation is 1. The van der Waals surface area contributed by atoms with Gasteiger partial charge in [-0.1, -0.05) is 42.5 Å². The molecule has 3 heterocycles. The molecule has 7 nitrogen and oxygen atoms in total. The number of carbonyl (C=O) groups excluding carboxylic acids is 1. The number of amides is 1. The fourth-order valence-electron chi connectivity index (χ4n) is 4.06. The molecule has 156 valence electrons. The number of anilines is 1. The predicted molar refractivity (Wildman–Crippen MR) is 120 cm³/mol. The van der Waals surface area contributed by atoms with Crippen LogP contribution >= 0.6 is 0 Å². The Balaban J connectivity index is 1.21. The topological polar surface area (TPSA) is 67.2 Å². The van der Waals surface area contributed by atoms with E-state index in [-0.39, 0.29) is 5.91 Å². The molecule has 0 bridgehead atoms. The van der Waals surface area contributed by atoms with Gasteiger partial charge in [0.25, 0.3) is 0 Å². The highest BCUT2D eigenvalue weighted by Crippen LogP contribution is 2.20. The van der Waals surface area contributed by atoms with Crippen molar-refractivity contribution in [3.63, 3.8) is 0 Å². The van der Waals surface area contributed by atoms with Gasteiger partial charge in [-0.25, -0.2) is 4.68 Å². The fourth-order valence-corrected chi connectivity index (χ4v) is 4.06. The number of nitrogens with zero attached hydrogens (tertiary/aromatic N) is 6. The number of benzene rings is 2. The molecule has 2 aromatic heterocycles. The van der Waals surface area contributed by atoms with Crippen LogP contribution in [-0.4, -0.2) is 57.0 Å². The highest BCUT2D eigenvalue weighted by atomic mass is 16.2. The summed E-state index contributed by atoms with van der Waals surface area (Å²) in [6, 6.07) is 20.2. The van der Waals surface area contributed by atoms with Crippen LogP contribution in [0, 0.1) is 6.92 Å². The van der Waals surface area contributed by atoms with Gasteiger partial charge in [0.15, 0.2) is 11.6 Å². The van der Waals surface area contributed by atoms with Crippen molar-refractivity contribution < 1.29 is 4.79 Å². The minimum Gasteiger partial charge on any atom is -0.352 e. The fraction of sp³-hybridized carbons (Fsp3) is 0.250. The molecule has 0 unspecified atom stereocenters. The third-order valence-corrected chi connectivity index (χ3v) is 5.77. The van der Waals surface area contributed by atoms with E-state index in [1.165, 1.54) is 5.39 Å². The third-order valence-electron chi connectivity index (χ3n) is 5.77. The van der Waals surface area contributed by atoms with E-state index in [1.54, 1.807) is 4.68 Å². The minimum atomic E-state index is 0.173. The zero-order valence-corrected chi connectivity index (χ0v) is 17.5. The van der Waals surface area contributed by atoms with Crippen LogP contribution < -0.4 is 4.90 Å². The maximum Gasteiger partial charge on any atom is 0.227 e. The molecule has 0 atom stereocenters. The van der Waals surface area contributed by atoms with Crippen LogP contribution in [0.4, 0.5) is 5.82 Å². The highest BCUT2D eigenvalue weighted by Gasteiger charge is 2.22. The molecule has 0 aliphatic carbocycles. The van der Waals surface area contributed by atoms with Gasteiger partial charge in [0.1, 0.15) is 0 Å². The Hall–Kier alpha value is -3.74. The monoisotopic (exact) mass is 412 g/mol. The highest BCUT2D eigenvalue weighted by molar-refractivity contribution is 5.90. The summed E-state index contributed by atoms with van der Waals surface area (Å²) in [5.74, 6) is 1.70. The molecule has 0 radical (unpaired) electrons. The summed E-state index contributed by atoms with van der Waals surface area (Å²) >= 11 is 0. The van der Waals surface area contributed by atoms with Crippen molar-refractivity contribution in [3.05, 3.63) is 78.1 Å². The Bertz CT molecular complexity index is 1200. The van der Waals surface area contributed by atoms with Crippen LogP contribution in [0.3, 0.4) is 0 Å². The lowest BCUT2D eigenvalue weighted by molar-refractivity contribution is -0.130.